The van der Waals surface area contributed by atoms with Crippen molar-refractivity contribution in [1.82, 2.24) is 25.0 Å². The van der Waals surface area contributed by atoms with E-state index in [9.17, 15) is 0 Å². The Kier molecular flexibility index (Phi) is 3.95. The van der Waals surface area contributed by atoms with E-state index in [1.54, 1.807) is 0 Å². The minimum atomic E-state index is 0.745. The fourth-order valence-corrected chi connectivity index (χ4v) is 3.64. The second kappa shape index (κ2) is 6.05. The van der Waals surface area contributed by atoms with Gasteiger partial charge in [-0.25, -0.2) is 0 Å². The van der Waals surface area contributed by atoms with Crippen molar-refractivity contribution in [2.45, 2.75) is 64.1 Å². The summed E-state index contributed by atoms with van der Waals surface area (Å²) < 4.78 is 2.36. The van der Waals surface area contributed by atoms with Gasteiger partial charge < -0.3 is 9.88 Å². The fourth-order valence-electron chi connectivity index (χ4n) is 3.64. The second-order valence-electron chi connectivity index (χ2n) is 7.04. The largest absolute Gasteiger partial charge is 0.314 e. The summed E-state index contributed by atoms with van der Waals surface area (Å²) in [6, 6.07) is 0.745. The van der Waals surface area contributed by atoms with Crippen LogP contribution in [0, 0.1) is 5.92 Å². The van der Waals surface area contributed by atoms with Crippen LogP contribution < -0.4 is 5.32 Å². The van der Waals surface area contributed by atoms with E-state index in [-0.39, 0.29) is 0 Å². The molecule has 4 rings (SSSR count). The van der Waals surface area contributed by atoms with Crippen LogP contribution in [0.5, 0.6) is 0 Å². The molecule has 1 saturated heterocycles. The summed E-state index contributed by atoms with van der Waals surface area (Å²) in [5.74, 6) is 3.39. The van der Waals surface area contributed by atoms with Crippen molar-refractivity contribution in [3.63, 3.8) is 0 Å². The van der Waals surface area contributed by atoms with Crippen LogP contribution in [-0.4, -0.2) is 45.3 Å². The first kappa shape index (κ1) is 13.7. The smallest absolute Gasteiger partial charge is 0.147 e. The lowest BCUT2D eigenvalue weighted by Gasteiger charge is -2.32. The number of fused-ring (bicyclic) bond motifs is 1. The molecule has 0 aromatic carbocycles. The molecule has 5 heteroatoms. The summed E-state index contributed by atoms with van der Waals surface area (Å²) in [7, 11) is 0. The molecule has 3 aliphatic rings. The molecule has 3 heterocycles. The predicted molar refractivity (Wildman–Crippen MR) is 82.0 cm³/mol. The van der Waals surface area contributed by atoms with Crippen molar-refractivity contribution in [2.24, 2.45) is 5.92 Å². The van der Waals surface area contributed by atoms with Gasteiger partial charge in [0.2, 0.25) is 0 Å². The lowest BCUT2D eigenvalue weighted by Crippen LogP contribution is -2.43. The van der Waals surface area contributed by atoms with Crippen molar-refractivity contribution in [3.8, 4) is 0 Å². The quantitative estimate of drug-likeness (QED) is 0.894. The molecule has 116 valence electrons. The molecule has 21 heavy (non-hydrogen) atoms. The Morgan fingerprint density at radius 1 is 1.00 bits per heavy atom. The zero-order valence-corrected chi connectivity index (χ0v) is 12.9. The van der Waals surface area contributed by atoms with Gasteiger partial charge in [0.1, 0.15) is 11.6 Å². The Balaban J connectivity index is 1.27. The van der Waals surface area contributed by atoms with Crippen LogP contribution >= 0.6 is 0 Å². The third kappa shape index (κ3) is 3.29. The van der Waals surface area contributed by atoms with E-state index < -0.39 is 0 Å². The average molecular weight is 289 g/mol. The number of aryl methyl sites for hydroxylation is 1. The Morgan fingerprint density at radius 2 is 1.86 bits per heavy atom. The standard InChI is InChI=1S/C16H27N5/c1-2-8-21-15(3-1)18-19-16(21)12-20-9-6-14(7-10-20)17-11-13-4-5-13/h13-14,17H,1-12H2. The van der Waals surface area contributed by atoms with Crippen molar-refractivity contribution in [1.29, 1.82) is 0 Å². The molecule has 0 spiro atoms. The van der Waals surface area contributed by atoms with Gasteiger partial charge in [0.15, 0.2) is 0 Å². The van der Waals surface area contributed by atoms with Gasteiger partial charge in [-0.2, -0.15) is 0 Å². The van der Waals surface area contributed by atoms with Crippen molar-refractivity contribution in [3.05, 3.63) is 11.6 Å². The minimum Gasteiger partial charge on any atom is -0.314 e. The maximum absolute atomic E-state index is 4.43. The summed E-state index contributed by atoms with van der Waals surface area (Å²) in [5, 5.41) is 12.6. The summed E-state index contributed by atoms with van der Waals surface area (Å²) >= 11 is 0. The number of hydrogen-bond donors (Lipinski definition) is 1. The van der Waals surface area contributed by atoms with Gasteiger partial charge in [-0.15, -0.1) is 10.2 Å². The Bertz CT molecular complexity index is 471. The van der Waals surface area contributed by atoms with Crippen LogP contribution in [0.25, 0.3) is 0 Å². The van der Waals surface area contributed by atoms with E-state index in [1.165, 1.54) is 69.8 Å². The maximum atomic E-state index is 4.43. The molecule has 1 saturated carbocycles. The predicted octanol–water partition coefficient (Wildman–Crippen LogP) is 1.58. The van der Waals surface area contributed by atoms with Crippen LogP contribution in [0.3, 0.4) is 0 Å². The number of aromatic nitrogens is 3. The number of piperidine rings is 1. The van der Waals surface area contributed by atoms with Gasteiger partial charge in [-0.05, 0) is 51.0 Å². The number of nitrogens with zero attached hydrogens (tertiary/aromatic N) is 4. The molecule has 0 unspecified atom stereocenters. The Labute approximate surface area is 127 Å². The third-order valence-corrected chi connectivity index (χ3v) is 5.28. The first-order chi connectivity index (χ1) is 10.4. The van der Waals surface area contributed by atoms with Crippen molar-refractivity contribution >= 4 is 0 Å². The number of rotatable bonds is 5. The highest BCUT2D eigenvalue weighted by molar-refractivity contribution is 4.99. The molecule has 0 radical (unpaired) electrons. The van der Waals surface area contributed by atoms with E-state index in [0.29, 0.717) is 0 Å². The summed E-state index contributed by atoms with van der Waals surface area (Å²) in [6.45, 7) is 5.76. The van der Waals surface area contributed by atoms with Crippen molar-refractivity contribution in [2.75, 3.05) is 19.6 Å². The molecule has 1 aliphatic carbocycles. The van der Waals surface area contributed by atoms with Crippen LogP contribution in [0.15, 0.2) is 0 Å². The average Bonchev–Trinajstić information content (AvgIpc) is 3.28. The molecular formula is C16H27N5. The first-order valence-corrected chi connectivity index (χ1v) is 8.75. The molecule has 1 aromatic rings. The van der Waals surface area contributed by atoms with Crippen LogP contribution in [0.1, 0.15) is 50.2 Å². The van der Waals surface area contributed by atoms with Gasteiger partial charge in [-0.3, -0.25) is 4.90 Å². The number of nitrogens with one attached hydrogen (secondary N) is 1. The number of likely N-dealkylation sites (tertiary alicyclic amines) is 1. The molecule has 5 nitrogen and oxygen atoms in total. The van der Waals surface area contributed by atoms with Gasteiger partial charge in [0.25, 0.3) is 0 Å². The van der Waals surface area contributed by atoms with E-state index in [2.05, 4.69) is 25.0 Å². The van der Waals surface area contributed by atoms with Gasteiger partial charge >= 0.3 is 0 Å². The van der Waals surface area contributed by atoms with Gasteiger partial charge in [0, 0.05) is 32.1 Å². The van der Waals surface area contributed by atoms with E-state index in [0.717, 1.165) is 31.5 Å². The highest BCUT2D eigenvalue weighted by Gasteiger charge is 2.25. The maximum Gasteiger partial charge on any atom is 0.147 e. The topological polar surface area (TPSA) is 46.0 Å². The van der Waals surface area contributed by atoms with Crippen LogP contribution in [0.4, 0.5) is 0 Å². The minimum absolute atomic E-state index is 0.745. The van der Waals surface area contributed by atoms with Gasteiger partial charge in [-0.1, -0.05) is 0 Å². The summed E-state index contributed by atoms with van der Waals surface area (Å²) in [5.41, 5.74) is 0. The van der Waals surface area contributed by atoms with E-state index in [4.69, 9.17) is 0 Å². The highest BCUT2D eigenvalue weighted by Crippen LogP contribution is 2.28. The molecular weight excluding hydrogens is 262 g/mol. The molecule has 1 N–H and O–H groups in total. The molecule has 2 aliphatic heterocycles. The van der Waals surface area contributed by atoms with E-state index >= 15 is 0 Å². The zero-order valence-electron chi connectivity index (χ0n) is 12.9. The molecule has 0 amide bonds. The fraction of sp³-hybridized carbons (Fsp3) is 0.875. The third-order valence-electron chi connectivity index (χ3n) is 5.28. The number of hydrogen-bond acceptors (Lipinski definition) is 4. The highest BCUT2D eigenvalue weighted by atomic mass is 15.3. The lowest BCUT2D eigenvalue weighted by molar-refractivity contribution is 0.183. The molecule has 1 aromatic heterocycles. The Morgan fingerprint density at radius 3 is 2.67 bits per heavy atom. The molecule has 2 fully saturated rings. The zero-order chi connectivity index (χ0) is 14.1. The summed E-state index contributed by atoms with van der Waals surface area (Å²) in [4.78, 5) is 2.56. The van der Waals surface area contributed by atoms with Gasteiger partial charge in [0.05, 0.1) is 6.54 Å². The Hall–Kier alpha value is -0.940. The monoisotopic (exact) mass is 289 g/mol. The second-order valence-corrected chi connectivity index (χ2v) is 7.04. The molecule has 0 bridgehead atoms. The normalized spacial score (nSPS) is 24.2. The SMILES string of the molecule is C1CCn2c(nnc2CN2CCC(NCC3CC3)CC2)C1. The van der Waals surface area contributed by atoms with Crippen LogP contribution in [-0.2, 0) is 19.5 Å². The first-order valence-electron chi connectivity index (χ1n) is 8.75. The lowest BCUT2D eigenvalue weighted by atomic mass is 10.0. The van der Waals surface area contributed by atoms with Crippen LogP contribution in [0.2, 0.25) is 0 Å². The summed E-state index contributed by atoms with van der Waals surface area (Å²) in [6.07, 6.45) is 9.14. The van der Waals surface area contributed by atoms with E-state index in [1.807, 2.05) is 0 Å². The van der Waals surface area contributed by atoms with Crippen molar-refractivity contribution < 1.29 is 0 Å². The molecule has 0 atom stereocenters.